The van der Waals surface area contributed by atoms with E-state index in [1.807, 2.05) is 12.4 Å². The normalized spacial score (nSPS) is 20.8. The van der Waals surface area contributed by atoms with E-state index in [4.69, 9.17) is 4.74 Å². The van der Waals surface area contributed by atoms with Gasteiger partial charge in [-0.05, 0) is 37.8 Å². The van der Waals surface area contributed by atoms with Crippen LogP contribution in [0.3, 0.4) is 0 Å². The maximum absolute atomic E-state index is 12.8. The number of ether oxygens (including phenoxy) is 1. The van der Waals surface area contributed by atoms with Crippen LogP contribution >= 0.6 is 11.3 Å². The quantitative estimate of drug-likeness (QED) is 0.830. The molecule has 7 heteroatoms. The third-order valence-corrected chi connectivity index (χ3v) is 6.56. The molecule has 1 fully saturated rings. The third kappa shape index (κ3) is 4.04. The predicted octanol–water partition coefficient (Wildman–Crippen LogP) is 2.05. The molecule has 0 bridgehead atoms. The van der Waals surface area contributed by atoms with Crippen LogP contribution in [-0.4, -0.2) is 45.6 Å². The molecule has 120 valence electrons. The molecular formula is C14H24N2O3S2. The summed E-state index contributed by atoms with van der Waals surface area (Å²) in [4.78, 5) is 1.31. The Morgan fingerprint density at radius 3 is 3.05 bits per heavy atom. The highest BCUT2D eigenvalue weighted by Gasteiger charge is 2.32. The molecule has 0 spiro atoms. The topological polar surface area (TPSA) is 58.6 Å². The average Bonchev–Trinajstić information content (AvgIpc) is 2.95. The first-order valence-electron chi connectivity index (χ1n) is 7.42. The van der Waals surface area contributed by atoms with Gasteiger partial charge < -0.3 is 10.1 Å². The summed E-state index contributed by atoms with van der Waals surface area (Å²) >= 11 is 1.48. The highest BCUT2D eigenvalue weighted by Crippen LogP contribution is 2.27. The molecule has 0 aromatic carbocycles. The number of piperidine rings is 1. The summed E-state index contributed by atoms with van der Waals surface area (Å²) in [6.07, 6.45) is 2.79. The van der Waals surface area contributed by atoms with Crippen LogP contribution in [0.5, 0.6) is 0 Å². The summed E-state index contributed by atoms with van der Waals surface area (Å²) in [6, 6.07) is 1.71. The van der Waals surface area contributed by atoms with Crippen molar-refractivity contribution < 1.29 is 13.2 Å². The minimum atomic E-state index is -3.41. The first kappa shape index (κ1) is 16.9. The first-order valence-corrected chi connectivity index (χ1v) is 9.74. The summed E-state index contributed by atoms with van der Waals surface area (Å²) in [7, 11) is -1.58. The minimum absolute atomic E-state index is 0.0276. The summed E-state index contributed by atoms with van der Waals surface area (Å²) in [5.41, 5.74) is 0. The Balaban J connectivity index is 2.13. The molecule has 0 radical (unpaired) electrons. The zero-order valence-electron chi connectivity index (χ0n) is 12.7. The van der Waals surface area contributed by atoms with E-state index < -0.39 is 10.0 Å². The van der Waals surface area contributed by atoms with Crippen molar-refractivity contribution in [2.24, 2.45) is 0 Å². The Hall–Kier alpha value is -0.470. The molecule has 5 nitrogen and oxygen atoms in total. The number of thiophene rings is 1. The second kappa shape index (κ2) is 7.69. The van der Waals surface area contributed by atoms with Gasteiger partial charge in [-0.15, -0.1) is 11.3 Å². The van der Waals surface area contributed by atoms with Crippen molar-refractivity contribution in [1.82, 2.24) is 9.62 Å². The van der Waals surface area contributed by atoms with E-state index >= 15 is 0 Å². The summed E-state index contributed by atoms with van der Waals surface area (Å²) in [5.74, 6) is 0. The highest BCUT2D eigenvalue weighted by molar-refractivity contribution is 7.89. The van der Waals surface area contributed by atoms with Gasteiger partial charge in [0.25, 0.3) is 0 Å². The van der Waals surface area contributed by atoms with Gasteiger partial charge in [0.05, 0.1) is 11.0 Å². The summed E-state index contributed by atoms with van der Waals surface area (Å²) in [6.45, 7) is 4.39. The fourth-order valence-electron chi connectivity index (χ4n) is 2.53. The van der Waals surface area contributed by atoms with Crippen molar-refractivity contribution in [3.05, 3.63) is 16.3 Å². The van der Waals surface area contributed by atoms with Crippen LogP contribution < -0.4 is 5.32 Å². The van der Waals surface area contributed by atoms with Crippen LogP contribution in [0.15, 0.2) is 16.3 Å². The van der Waals surface area contributed by atoms with Gasteiger partial charge in [-0.3, -0.25) is 0 Å². The lowest BCUT2D eigenvalue weighted by Gasteiger charge is -2.31. The van der Waals surface area contributed by atoms with Crippen LogP contribution in [0.1, 0.15) is 31.1 Å². The molecule has 0 aliphatic carbocycles. The van der Waals surface area contributed by atoms with E-state index in [9.17, 15) is 8.42 Å². The van der Waals surface area contributed by atoms with E-state index in [1.165, 1.54) is 11.3 Å². The second-order valence-electron chi connectivity index (χ2n) is 5.24. The maximum atomic E-state index is 12.8. The zero-order valence-corrected chi connectivity index (χ0v) is 14.3. The molecule has 2 heterocycles. The van der Waals surface area contributed by atoms with E-state index in [-0.39, 0.29) is 6.10 Å². The molecule has 1 aromatic heterocycles. The van der Waals surface area contributed by atoms with Crippen molar-refractivity contribution in [3.63, 3.8) is 0 Å². The van der Waals surface area contributed by atoms with E-state index in [2.05, 4.69) is 12.2 Å². The molecule has 1 atom stereocenters. The molecule has 0 saturated carbocycles. The minimum Gasteiger partial charge on any atom is -0.377 e. The van der Waals surface area contributed by atoms with Crippen LogP contribution in [0.2, 0.25) is 0 Å². The molecule has 1 saturated heterocycles. The summed E-state index contributed by atoms with van der Waals surface area (Å²) in [5, 5.41) is 4.87. The number of hydrogen-bond donors (Lipinski definition) is 1. The van der Waals surface area contributed by atoms with Gasteiger partial charge in [-0.2, -0.15) is 4.31 Å². The van der Waals surface area contributed by atoms with Gasteiger partial charge in [0.2, 0.25) is 10.0 Å². The first-order chi connectivity index (χ1) is 10.1. The van der Waals surface area contributed by atoms with Crippen molar-refractivity contribution in [2.75, 3.05) is 26.7 Å². The van der Waals surface area contributed by atoms with Crippen molar-refractivity contribution in [2.45, 2.75) is 43.7 Å². The number of nitrogens with zero attached hydrogens (tertiary/aromatic N) is 1. The van der Waals surface area contributed by atoms with Gasteiger partial charge in [-0.25, -0.2) is 8.42 Å². The Morgan fingerprint density at radius 2 is 2.33 bits per heavy atom. The van der Waals surface area contributed by atoms with Crippen molar-refractivity contribution >= 4 is 21.4 Å². The zero-order chi connectivity index (χ0) is 15.3. The molecule has 1 N–H and O–H groups in total. The molecular weight excluding hydrogens is 308 g/mol. The molecule has 0 amide bonds. The highest BCUT2D eigenvalue weighted by atomic mass is 32.2. The standard InChI is InChI=1S/C14H24N2O3S2/c1-3-8-19-12-5-4-7-16(11-12)21(17,18)14-6-9-20-13(14)10-15-2/h6,9,12,15H,3-5,7-8,10-11H2,1-2H3. The lowest BCUT2D eigenvalue weighted by atomic mass is 10.1. The van der Waals surface area contributed by atoms with Crippen LogP contribution in [-0.2, 0) is 21.3 Å². The SMILES string of the molecule is CCCOC1CCCN(S(=O)(=O)c2ccsc2CNC)C1. The molecule has 21 heavy (non-hydrogen) atoms. The van der Waals surface area contributed by atoms with Gasteiger partial charge >= 0.3 is 0 Å². The van der Waals surface area contributed by atoms with Gasteiger partial charge in [0.1, 0.15) is 0 Å². The Morgan fingerprint density at radius 1 is 1.52 bits per heavy atom. The molecule has 2 rings (SSSR count). The summed E-state index contributed by atoms with van der Waals surface area (Å²) < 4.78 is 32.9. The number of rotatable bonds is 7. The third-order valence-electron chi connectivity index (χ3n) is 3.56. The van der Waals surface area contributed by atoms with E-state index in [0.29, 0.717) is 31.1 Å². The monoisotopic (exact) mass is 332 g/mol. The predicted molar refractivity (Wildman–Crippen MR) is 85.1 cm³/mol. The van der Waals surface area contributed by atoms with Gasteiger partial charge in [-0.1, -0.05) is 6.92 Å². The van der Waals surface area contributed by atoms with Gasteiger partial charge in [0, 0.05) is 31.1 Å². The average molecular weight is 332 g/mol. The van der Waals surface area contributed by atoms with E-state index in [0.717, 1.165) is 24.1 Å². The number of sulfonamides is 1. The smallest absolute Gasteiger partial charge is 0.244 e. The van der Waals surface area contributed by atoms with Crippen molar-refractivity contribution in [3.8, 4) is 0 Å². The molecule has 1 aromatic rings. The van der Waals surface area contributed by atoms with Crippen molar-refractivity contribution in [1.29, 1.82) is 0 Å². The lowest BCUT2D eigenvalue weighted by molar-refractivity contribution is 0.0193. The maximum Gasteiger partial charge on any atom is 0.244 e. The number of hydrogen-bond acceptors (Lipinski definition) is 5. The molecule has 1 aliphatic rings. The number of nitrogens with one attached hydrogen (secondary N) is 1. The van der Waals surface area contributed by atoms with Crippen LogP contribution in [0.25, 0.3) is 0 Å². The largest absolute Gasteiger partial charge is 0.377 e. The van der Waals surface area contributed by atoms with Crippen LogP contribution in [0, 0.1) is 0 Å². The molecule has 1 aliphatic heterocycles. The van der Waals surface area contributed by atoms with Gasteiger partial charge in [0.15, 0.2) is 0 Å². The van der Waals surface area contributed by atoms with E-state index in [1.54, 1.807) is 10.4 Å². The Bertz CT molecular complexity index is 542. The van der Waals surface area contributed by atoms with Crippen LogP contribution in [0.4, 0.5) is 0 Å². The second-order valence-corrected chi connectivity index (χ2v) is 8.14. The molecule has 1 unspecified atom stereocenters. The fourth-order valence-corrected chi connectivity index (χ4v) is 5.47. The lowest BCUT2D eigenvalue weighted by Crippen LogP contribution is -2.43. The Kier molecular flexibility index (Phi) is 6.19. The fraction of sp³-hybridized carbons (Fsp3) is 0.714. The Labute approximate surface area is 131 Å².